The number of rotatable bonds is 12. The minimum absolute atomic E-state index is 0.0112. The second-order valence-electron chi connectivity index (χ2n) is 9.44. The Morgan fingerprint density at radius 1 is 0.868 bits per heavy atom. The largest absolute Gasteiger partial charge is 0.354 e. The van der Waals surface area contributed by atoms with Crippen LogP contribution in [0.25, 0.3) is 0 Å². The van der Waals surface area contributed by atoms with Crippen LogP contribution in [-0.4, -0.2) is 50.8 Å². The molecule has 0 heterocycles. The van der Waals surface area contributed by atoms with Crippen LogP contribution < -0.4 is 9.62 Å². The van der Waals surface area contributed by atoms with Gasteiger partial charge in [0.25, 0.3) is 10.0 Å². The predicted octanol–water partition coefficient (Wildman–Crippen LogP) is 4.77. The van der Waals surface area contributed by atoms with E-state index in [2.05, 4.69) is 5.32 Å². The Morgan fingerprint density at radius 3 is 2.03 bits per heavy atom. The summed E-state index contributed by atoms with van der Waals surface area (Å²) < 4.78 is 28.5. The van der Waals surface area contributed by atoms with Crippen LogP contribution in [0.2, 0.25) is 5.02 Å². The number of carbonyl (C=O) groups is 2. The minimum Gasteiger partial charge on any atom is -0.354 e. The fourth-order valence-electron chi connectivity index (χ4n) is 3.88. The Balaban J connectivity index is 1.93. The Labute approximate surface area is 230 Å². The van der Waals surface area contributed by atoms with E-state index in [4.69, 9.17) is 11.6 Å². The summed E-state index contributed by atoms with van der Waals surface area (Å²) in [5, 5.41) is 3.29. The smallest absolute Gasteiger partial charge is 0.264 e. The van der Waals surface area contributed by atoms with Gasteiger partial charge in [0.05, 0.1) is 10.6 Å². The highest BCUT2D eigenvalue weighted by Gasteiger charge is 2.32. The first-order valence-electron chi connectivity index (χ1n) is 12.5. The van der Waals surface area contributed by atoms with E-state index in [-0.39, 0.29) is 23.3 Å². The Hall–Kier alpha value is -3.36. The second-order valence-corrected chi connectivity index (χ2v) is 11.7. The van der Waals surface area contributed by atoms with Gasteiger partial charge in [0.2, 0.25) is 11.8 Å². The van der Waals surface area contributed by atoms with Crippen molar-refractivity contribution in [1.29, 1.82) is 0 Å². The standard InChI is InChI=1S/C29H34ClN3O4S/c1-22(2)20-31-29(35)23(3)32(19-18-24-10-6-4-7-11-24)28(34)21-33(26-12-8-5-9-13-26)38(36,37)27-16-14-25(30)15-17-27/h4-17,22-23H,18-21H2,1-3H3,(H,31,35)/t23-/m1/s1. The number of carbonyl (C=O) groups excluding carboxylic acids is 2. The molecule has 1 atom stereocenters. The lowest BCUT2D eigenvalue weighted by molar-refractivity contribution is -0.138. The molecule has 0 fully saturated rings. The summed E-state index contributed by atoms with van der Waals surface area (Å²) in [6.07, 6.45) is 0.518. The number of hydrogen-bond donors (Lipinski definition) is 1. The van der Waals surface area contributed by atoms with Crippen LogP contribution in [0, 0.1) is 5.92 Å². The fourth-order valence-corrected chi connectivity index (χ4v) is 5.42. The van der Waals surface area contributed by atoms with E-state index in [0.717, 1.165) is 9.87 Å². The van der Waals surface area contributed by atoms with E-state index in [1.165, 1.54) is 29.2 Å². The van der Waals surface area contributed by atoms with Crippen molar-refractivity contribution in [2.45, 2.75) is 38.1 Å². The maximum absolute atomic E-state index is 13.8. The summed E-state index contributed by atoms with van der Waals surface area (Å²) in [7, 11) is -4.11. The van der Waals surface area contributed by atoms with Crippen molar-refractivity contribution >= 4 is 39.1 Å². The predicted molar refractivity (Wildman–Crippen MR) is 152 cm³/mol. The monoisotopic (exact) mass is 555 g/mol. The molecule has 0 saturated carbocycles. The molecule has 0 aliphatic rings. The van der Waals surface area contributed by atoms with Crippen molar-refractivity contribution in [3.05, 3.63) is 95.5 Å². The lowest BCUT2D eigenvalue weighted by Crippen LogP contribution is -2.52. The summed E-state index contributed by atoms with van der Waals surface area (Å²) in [4.78, 5) is 28.2. The summed E-state index contributed by atoms with van der Waals surface area (Å²) in [5.74, 6) is -0.515. The molecule has 7 nitrogen and oxygen atoms in total. The first-order chi connectivity index (χ1) is 18.1. The second kappa shape index (κ2) is 13.4. The van der Waals surface area contributed by atoms with Crippen LogP contribution in [0.15, 0.2) is 89.8 Å². The minimum atomic E-state index is -4.11. The highest BCUT2D eigenvalue weighted by molar-refractivity contribution is 7.92. The topological polar surface area (TPSA) is 86.8 Å². The maximum Gasteiger partial charge on any atom is 0.264 e. The highest BCUT2D eigenvalue weighted by atomic mass is 35.5. The van der Waals surface area contributed by atoms with Gasteiger partial charge < -0.3 is 10.2 Å². The van der Waals surface area contributed by atoms with Gasteiger partial charge in [-0.15, -0.1) is 0 Å². The number of hydrogen-bond acceptors (Lipinski definition) is 4. The number of para-hydroxylation sites is 1. The van der Waals surface area contributed by atoms with Crippen LogP contribution in [0.5, 0.6) is 0 Å². The molecule has 202 valence electrons. The van der Waals surface area contributed by atoms with Gasteiger partial charge in [-0.25, -0.2) is 8.42 Å². The lowest BCUT2D eigenvalue weighted by Gasteiger charge is -2.32. The number of amides is 2. The quantitative estimate of drug-likeness (QED) is 0.349. The average molecular weight is 556 g/mol. The van der Waals surface area contributed by atoms with Gasteiger partial charge in [-0.2, -0.15) is 0 Å². The molecule has 3 aromatic rings. The lowest BCUT2D eigenvalue weighted by atomic mass is 10.1. The fraction of sp³-hybridized carbons (Fsp3) is 0.310. The van der Waals surface area contributed by atoms with E-state index < -0.39 is 28.5 Å². The molecule has 0 saturated heterocycles. The van der Waals surface area contributed by atoms with E-state index in [0.29, 0.717) is 23.7 Å². The number of benzene rings is 3. The van der Waals surface area contributed by atoms with Crippen molar-refractivity contribution in [3.8, 4) is 0 Å². The van der Waals surface area contributed by atoms with Crippen LogP contribution in [0.1, 0.15) is 26.3 Å². The molecular weight excluding hydrogens is 522 g/mol. The number of sulfonamides is 1. The number of nitrogens with one attached hydrogen (secondary N) is 1. The van der Waals surface area contributed by atoms with Crippen LogP contribution in [0.4, 0.5) is 5.69 Å². The van der Waals surface area contributed by atoms with E-state index in [9.17, 15) is 18.0 Å². The average Bonchev–Trinajstić information content (AvgIpc) is 2.91. The van der Waals surface area contributed by atoms with Gasteiger partial charge in [0, 0.05) is 18.1 Å². The van der Waals surface area contributed by atoms with Crippen LogP contribution in [0.3, 0.4) is 0 Å². The maximum atomic E-state index is 13.8. The molecule has 0 spiro atoms. The molecule has 1 N–H and O–H groups in total. The number of halogens is 1. The zero-order valence-corrected chi connectivity index (χ0v) is 23.5. The van der Waals surface area contributed by atoms with Gasteiger partial charge in [-0.3, -0.25) is 13.9 Å². The molecular formula is C29H34ClN3O4S. The number of anilines is 1. The summed E-state index contributed by atoms with van der Waals surface area (Å²) in [6, 6.07) is 23.1. The van der Waals surface area contributed by atoms with Crippen molar-refractivity contribution in [2.24, 2.45) is 5.92 Å². The highest BCUT2D eigenvalue weighted by Crippen LogP contribution is 2.25. The Kier molecular flexibility index (Phi) is 10.3. The SMILES string of the molecule is CC(C)CNC(=O)[C@@H](C)N(CCc1ccccc1)C(=O)CN(c1ccccc1)S(=O)(=O)c1ccc(Cl)cc1. The first-order valence-corrected chi connectivity index (χ1v) is 14.4. The molecule has 0 aliphatic carbocycles. The molecule has 9 heteroatoms. The molecule has 2 amide bonds. The zero-order valence-electron chi connectivity index (χ0n) is 21.9. The van der Waals surface area contributed by atoms with Crippen molar-refractivity contribution < 1.29 is 18.0 Å². The van der Waals surface area contributed by atoms with Crippen LogP contribution in [-0.2, 0) is 26.0 Å². The van der Waals surface area contributed by atoms with Gasteiger partial charge in [0.15, 0.2) is 0 Å². The molecule has 0 radical (unpaired) electrons. The molecule has 0 unspecified atom stereocenters. The third-order valence-corrected chi connectivity index (χ3v) is 8.10. The summed E-state index contributed by atoms with van der Waals surface area (Å²) >= 11 is 5.97. The summed E-state index contributed by atoms with van der Waals surface area (Å²) in [6.45, 7) is 5.91. The van der Waals surface area contributed by atoms with Gasteiger partial charge >= 0.3 is 0 Å². The Bertz CT molecular complexity index is 1300. The van der Waals surface area contributed by atoms with Gasteiger partial charge in [-0.1, -0.05) is 74.0 Å². The van der Waals surface area contributed by atoms with E-state index in [1.807, 2.05) is 44.2 Å². The molecule has 0 aromatic heterocycles. The zero-order chi connectivity index (χ0) is 27.7. The molecule has 0 bridgehead atoms. The molecule has 3 aromatic carbocycles. The van der Waals surface area contributed by atoms with Gasteiger partial charge in [0.1, 0.15) is 12.6 Å². The Morgan fingerprint density at radius 2 is 1.45 bits per heavy atom. The van der Waals surface area contributed by atoms with Crippen molar-refractivity contribution in [1.82, 2.24) is 10.2 Å². The third-order valence-electron chi connectivity index (χ3n) is 6.06. The molecule has 38 heavy (non-hydrogen) atoms. The van der Waals surface area contributed by atoms with E-state index in [1.54, 1.807) is 37.3 Å². The third kappa shape index (κ3) is 7.82. The van der Waals surface area contributed by atoms with Gasteiger partial charge in [-0.05, 0) is 61.2 Å². The number of nitrogens with zero attached hydrogens (tertiary/aromatic N) is 2. The van der Waals surface area contributed by atoms with Crippen molar-refractivity contribution in [3.63, 3.8) is 0 Å². The summed E-state index contributed by atoms with van der Waals surface area (Å²) in [5.41, 5.74) is 1.35. The van der Waals surface area contributed by atoms with Crippen molar-refractivity contribution in [2.75, 3.05) is 23.9 Å². The molecule has 3 rings (SSSR count). The van der Waals surface area contributed by atoms with E-state index >= 15 is 0 Å². The van der Waals surface area contributed by atoms with Crippen LogP contribution >= 0.6 is 11.6 Å². The molecule has 0 aliphatic heterocycles. The first kappa shape index (κ1) is 29.2. The normalized spacial score (nSPS) is 12.1.